The standard InChI is InChI=1S/C41H62N4O7S/c1-9-19-52-25-45(40(49)33(27(5)10-2)23-37(47)35-13-11-12-18-44(35)8)36(26(3)4)21-28(6)39-43-34(24-53-39)38(48)42-31(20-29(7)41(50)51)22-30-14-16-32(46)17-15-30/h9,14-17,24,26-29,31,33,35-36,46H,1,10-13,18-23,25H2,2-8H3,(H,42,48)(H,50,51)/t27?,28-,29+,31-,33+,35-,36?/m1/s1. The first kappa shape index (κ1) is 43.8. The molecule has 1 fully saturated rings. The fourth-order valence-electron chi connectivity index (χ4n) is 7.16. The molecule has 53 heavy (non-hydrogen) atoms. The Morgan fingerprint density at radius 2 is 1.81 bits per heavy atom. The van der Waals surface area contributed by atoms with Crippen molar-refractivity contribution in [2.75, 3.05) is 26.9 Å². The highest BCUT2D eigenvalue weighted by molar-refractivity contribution is 7.09. The van der Waals surface area contributed by atoms with E-state index in [0.717, 1.165) is 42.8 Å². The molecule has 1 aromatic carbocycles. The molecule has 0 aliphatic carbocycles. The van der Waals surface area contributed by atoms with E-state index in [1.807, 2.05) is 18.9 Å². The number of phenolic OH excluding ortho intramolecular Hbond substituents is 1. The minimum absolute atomic E-state index is 0.00359. The summed E-state index contributed by atoms with van der Waals surface area (Å²) in [5.74, 6) is -2.34. The second kappa shape index (κ2) is 21.3. The number of rotatable bonds is 22. The van der Waals surface area contributed by atoms with Crippen molar-refractivity contribution in [1.29, 1.82) is 0 Å². The lowest BCUT2D eigenvalue weighted by Crippen LogP contribution is -2.50. The summed E-state index contributed by atoms with van der Waals surface area (Å²) in [5, 5.41) is 24.7. The number of carboxylic acid groups (broad SMARTS) is 1. The summed E-state index contributed by atoms with van der Waals surface area (Å²) in [7, 11) is 2.00. The van der Waals surface area contributed by atoms with Gasteiger partial charge in [0, 0.05) is 35.7 Å². The minimum Gasteiger partial charge on any atom is -0.508 e. The molecule has 3 N–H and O–H groups in total. The lowest BCUT2D eigenvalue weighted by Gasteiger charge is -2.39. The first-order valence-corrected chi connectivity index (χ1v) is 20.0. The molecule has 0 spiro atoms. The number of phenols is 1. The van der Waals surface area contributed by atoms with E-state index in [-0.39, 0.29) is 85.1 Å². The molecule has 294 valence electrons. The summed E-state index contributed by atoms with van der Waals surface area (Å²) in [4.78, 5) is 62.1. The van der Waals surface area contributed by atoms with Crippen molar-refractivity contribution in [3.63, 3.8) is 0 Å². The Morgan fingerprint density at radius 1 is 1.11 bits per heavy atom. The summed E-state index contributed by atoms with van der Waals surface area (Å²) >= 11 is 1.38. The Morgan fingerprint density at radius 3 is 2.42 bits per heavy atom. The van der Waals surface area contributed by atoms with Crippen molar-refractivity contribution in [1.82, 2.24) is 20.1 Å². The van der Waals surface area contributed by atoms with Gasteiger partial charge in [0.1, 0.15) is 18.2 Å². The number of hydrogen-bond acceptors (Lipinski definition) is 9. The van der Waals surface area contributed by atoms with E-state index in [4.69, 9.17) is 9.72 Å². The molecule has 2 aromatic rings. The van der Waals surface area contributed by atoms with E-state index in [9.17, 15) is 29.4 Å². The second-order valence-electron chi connectivity index (χ2n) is 15.3. The number of ether oxygens (including phenoxy) is 1. The highest BCUT2D eigenvalue weighted by Gasteiger charge is 2.38. The topological polar surface area (TPSA) is 149 Å². The molecule has 0 radical (unpaired) electrons. The first-order chi connectivity index (χ1) is 25.2. The number of aliphatic carboxylic acids is 1. The van der Waals surface area contributed by atoms with Crippen LogP contribution in [0.4, 0.5) is 0 Å². The number of nitrogens with zero attached hydrogens (tertiary/aromatic N) is 3. The third-order valence-electron chi connectivity index (χ3n) is 10.7. The number of amides is 2. The van der Waals surface area contributed by atoms with Crippen LogP contribution in [0.3, 0.4) is 0 Å². The van der Waals surface area contributed by atoms with Crippen molar-refractivity contribution in [2.24, 2.45) is 23.7 Å². The molecule has 0 bridgehead atoms. The number of aromatic hydroxyl groups is 1. The highest BCUT2D eigenvalue weighted by atomic mass is 32.1. The molecule has 2 unspecified atom stereocenters. The van der Waals surface area contributed by atoms with Gasteiger partial charge in [0.05, 0.1) is 23.6 Å². The Kier molecular flexibility index (Phi) is 17.6. The van der Waals surface area contributed by atoms with E-state index in [0.29, 0.717) is 12.8 Å². The Bertz CT molecular complexity index is 1500. The number of carbonyl (C=O) groups is 4. The third-order valence-corrected chi connectivity index (χ3v) is 11.8. The number of Topliss-reactive ketones (excluding diaryl/α,β-unsaturated/α-hetero) is 1. The maximum Gasteiger partial charge on any atom is 0.306 e. The molecule has 1 aromatic heterocycles. The summed E-state index contributed by atoms with van der Waals surface area (Å²) in [5.41, 5.74) is 1.11. The molecule has 0 saturated carbocycles. The predicted molar refractivity (Wildman–Crippen MR) is 209 cm³/mol. The number of likely N-dealkylation sites (N-methyl/N-ethyl adjacent to an activating group) is 1. The van der Waals surface area contributed by atoms with Gasteiger partial charge in [-0.15, -0.1) is 17.9 Å². The molecule has 1 saturated heterocycles. The minimum atomic E-state index is -0.944. The van der Waals surface area contributed by atoms with Crippen LogP contribution < -0.4 is 5.32 Å². The van der Waals surface area contributed by atoms with Crippen LogP contribution >= 0.6 is 11.3 Å². The van der Waals surface area contributed by atoms with Crippen LogP contribution in [0.5, 0.6) is 5.75 Å². The summed E-state index contributed by atoms with van der Waals surface area (Å²) in [6.07, 6.45) is 6.73. The number of ketones is 1. The largest absolute Gasteiger partial charge is 0.508 e. The van der Waals surface area contributed by atoms with Crippen LogP contribution in [-0.2, 0) is 25.5 Å². The monoisotopic (exact) mass is 754 g/mol. The van der Waals surface area contributed by atoms with Crippen LogP contribution in [0.2, 0.25) is 0 Å². The van der Waals surface area contributed by atoms with Gasteiger partial charge in [0.2, 0.25) is 5.91 Å². The quantitative estimate of drug-likeness (QED) is 0.0662. The molecule has 2 heterocycles. The van der Waals surface area contributed by atoms with Crippen molar-refractivity contribution in [3.8, 4) is 5.75 Å². The normalized spacial score (nSPS) is 18.4. The molecule has 1 aliphatic heterocycles. The zero-order chi connectivity index (χ0) is 39.2. The van der Waals surface area contributed by atoms with Gasteiger partial charge in [0.15, 0.2) is 5.78 Å². The van der Waals surface area contributed by atoms with Gasteiger partial charge < -0.3 is 25.2 Å². The number of benzene rings is 1. The van der Waals surface area contributed by atoms with Gasteiger partial charge in [0.25, 0.3) is 5.91 Å². The number of piperidine rings is 1. The van der Waals surface area contributed by atoms with Crippen LogP contribution in [0.1, 0.15) is 113 Å². The number of carbonyl (C=O) groups excluding carboxylic acids is 3. The van der Waals surface area contributed by atoms with Crippen molar-refractivity contribution in [2.45, 2.75) is 117 Å². The second-order valence-corrected chi connectivity index (χ2v) is 16.2. The van der Waals surface area contributed by atoms with Crippen LogP contribution in [-0.4, -0.2) is 93.6 Å². The molecule has 2 amide bonds. The van der Waals surface area contributed by atoms with Crippen molar-refractivity contribution < 1.29 is 34.1 Å². The number of hydrogen-bond donors (Lipinski definition) is 3. The number of likely N-dealkylation sites (tertiary alicyclic amines) is 1. The summed E-state index contributed by atoms with van der Waals surface area (Å²) < 4.78 is 5.93. The maximum absolute atomic E-state index is 14.6. The van der Waals surface area contributed by atoms with E-state index in [1.165, 1.54) is 11.3 Å². The third kappa shape index (κ3) is 13.0. The van der Waals surface area contributed by atoms with Gasteiger partial charge in [-0.05, 0) is 75.2 Å². The maximum atomic E-state index is 14.6. The smallest absolute Gasteiger partial charge is 0.306 e. The fraction of sp³-hybridized carbons (Fsp3) is 0.634. The average Bonchev–Trinajstić information content (AvgIpc) is 3.63. The van der Waals surface area contributed by atoms with Gasteiger partial charge in [-0.2, -0.15) is 0 Å². The van der Waals surface area contributed by atoms with Gasteiger partial charge in [-0.1, -0.05) is 72.6 Å². The lowest BCUT2D eigenvalue weighted by atomic mass is 9.82. The zero-order valence-electron chi connectivity index (χ0n) is 32.8. The van der Waals surface area contributed by atoms with E-state index < -0.39 is 23.8 Å². The van der Waals surface area contributed by atoms with Crippen molar-refractivity contribution >= 4 is 34.9 Å². The van der Waals surface area contributed by atoms with Crippen LogP contribution in [0, 0.1) is 23.7 Å². The first-order valence-electron chi connectivity index (χ1n) is 19.2. The molecule has 11 nitrogen and oxygen atoms in total. The molecule has 7 atom stereocenters. The summed E-state index contributed by atoms with van der Waals surface area (Å²) in [6, 6.07) is 5.78. The number of thiazole rings is 1. The molecular weight excluding hydrogens is 693 g/mol. The average molecular weight is 755 g/mol. The zero-order valence-corrected chi connectivity index (χ0v) is 33.6. The fourth-order valence-corrected chi connectivity index (χ4v) is 8.03. The molecule has 1 aliphatic rings. The van der Waals surface area contributed by atoms with Crippen molar-refractivity contribution in [3.05, 3.63) is 58.6 Å². The van der Waals surface area contributed by atoms with E-state index in [2.05, 4.69) is 44.5 Å². The Balaban J connectivity index is 1.81. The van der Waals surface area contributed by atoms with Gasteiger partial charge in [-0.3, -0.25) is 24.1 Å². The van der Waals surface area contributed by atoms with Crippen LogP contribution in [0.25, 0.3) is 0 Å². The Labute approximate surface area is 320 Å². The number of aromatic nitrogens is 1. The van der Waals surface area contributed by atoms with Gasteiger partial charge in [-0.25, -0.2) is 4.98 Å². The van der Waals surface area contributed by atoms with E-state index >= 15 is 0 Å². The van der Waals surface area contributed by atoms with Gasteiger partial charge >= 0.3 is 5.97 Å². The number of nitrogens with one attached hydrogen (secondary N) is 1. The lowest BCUT2D eigenvalue weighted by molar-refractivity contribution is -0.150. The SMILES string of the molecule is C=CCOCN(C(=O)[C@@H](CC(=O)[C@H]1CCCCN1C)C(C)CC)C(C[C@@H](C)c1nc(C(=O)N[C@@H](Cc2ccc(O)cc2)C[C@H](C)C(=O)O)cs1)C(C)C. The molecule has 3 rings (SSSR count). The molecule has 12 heteroatoms. The molecular formula is C41H62N4O7S. The predicted octanol–water partition coefficient (Wildman–Crippen LogP) is 6.91. The summed E-state index contributed by atoms with van der Waals surface area (Å²) in [6.45, 7) is 16.9. The number of carboxylic acids is 1. The van der Waals surface area contributed by atoms with E-state index in [1.54, 1.807) is 42.6 Å². The Hall–Kier alpha value is -3.61. The van der Waals surface area contributed by atoms with Crippen LogP contribution in [0.15, 0.2) is 42.3 Å². The highest BCUT2D eigenvalue weighted by Crippen LogP contribution is 2.32.